The van der Waals surface area contributed by atoms with E-state index in [0.717, 1.165) is 51.3 Å². The van der Waals surface area contributed by atoms with E-state index < -0.39 is 0 Å². The van der Waals surface area contributed by atoms with Crippen LogP contribution in [-0.4, -0.2) is 61.6 Å². The van der Waals surface area contributed by atoms with Gasteiger partial charge in [0.2, 0.25) is 5.91 Å². The highest BCUT2D eigenvalue weighted by Gasteiger charge is 2.20. The fourth-order valence-electron chi connectivity index (χ4n) is 4.00. The van der Waals surface area contributed by atoms with Gasteiger partial charge in [-0.25, -0.2) is 0 Å². The Morgan fingerprint density at radius 3 is 2.47 bits per heavy atom. The van der Waals surface area contributed by atoms with Gasteiger partial charge in [-0.2, -0.15) is 0 Å². The standard InChI is InChI=1S/C25H35N3O2/c1-20-9-12-24(30-3)23(17-20)18-27-13-15-28(16-14-27)19-25(29)26-21(2)10-11-22-7-5-4-6-8-22/h4-9,12,17,21H,10-11,13-16,18-19H2,1-3H3,(H,26,29)/t21-/m0/s1. The van der Waals surface area contributed by atoms with Gasteiger partial charge in [0, 0.05) is 44.3 Å². The molecule has 1 N–H and O–H groups in total. The molecule has 0 saturated carbocycles. The van der Waals surface area contributed by atoms with Crippen LogP contribution in [0.2, 0.25) is 0 Å². The fraction of sp³-hybridized carbons (Fsp3) is 0.480. The first-order valence-corrected chi connectivity index (χ1v) is 10.9. The minimum absolute atomic E-state index is 0.129. The average molecular weight is 410 g/mol. The van der Waals surface area contributed by atoms with Crippen molar-refractivity contribution < 1.29 is 9.53 Å². The molecule has 5 heteroatoms. The summed E-state index contributed by atoms with van der Waals surface area (Å²) in [5.74, 6) is 1.08. The molecule has 1 aliphatic rings. The molecule has 1 aliphatic heterocycles. The lowest BCUT2D eigenvalue weighted by Crippen LogP contribution is -2.50. The van der Waals surface area contributed by atoms with Crippen molar-refractivity contribution in [1.29, 1.82) is 0 Å². The second-order valence-corrected chi connectivity index (χ2v) is 8.36. The van der Waals surface area contributed by atoms with Crippen molar-refractivity contribution in [2.24, 2.45) is 0 Å². The summed E-state index contributed by atoms with van der Waals surface area (Å²) in [6.45, 7) is 9.34. The Bertz CT molecular complexity index is 801. The summed E-state index contributed by atoms with van der Waals surface area (Å²) in [7, 11) is 1.73. The van der Waals surface area contributed by atoms with E-state index in [1.165, 1.54) is 16.7 Å². The third-order valence-electron chi connectivity index (χ3n) is 5.78. The van der Waals surface area contributed by atoms with Crippen molar-refractivity contribution in [3.05, 3.63) is 65.2 Å². The van der Waals surface area contributed by atoms with Gasteiger partial charge in [0.25, 0.3) is 0 Å². The molecular formula is C25H35N3O2. The van der Waals surface area contributed by atoms with Crippen molar-refractivity contribution in [3.63, 3.8) is 0 Å². The molecule has 1 saturated heterocycles. The summed E-state index contributed by atoms with van der Waals surface area (Å²) in [6, 6.07) is 17.0. The average Bonchev–Trinajstić information content (AvgIpc) is 2.74. The number of rotatable bonds is 9. The smallest absolute Gasteiger partial charge is 0.234 e. The van der Waals surface area contributed by atoms with E-state index in [0.29, 0.717) is 6.54 Å². The molecule has 3 rings (SSSR count). The predicted molar refractivity (Wildman–Crippen MR) is 122 cm³/mol. The van der Waals surface area contributed by atoms with Crippen LogP contribution in [-0.2, 0) is 17.8 Å². The van der Waals surface area contributed by atoms with Crippen LogP contribution >= 0.6 is 0 Å². The second kappa shape index (κ2) is 11.1. The molecule has 1 heterocycles. The molecule has 2 aromatic carbocycles. The Labute approximate surface area is 181 Å². The van der Waals surface area contributed by atoms with Crippen LogP contribution in [0.25, 0.3) is 0 Å². The lowest BCUT2D eigenvalue weighted by atomic mass is 10.1. The highest BCUT2D eigenvalue weighted by atomic mass is 16.5. The first-order chi connectivity index (χ1) is 14.5. The first-order valence-electron chi connectivity index (χ1n) is 10.9. The van der Waals surface area contributed by atoms with Crippen molar-refractivity contribution in [3.8, 4) is 5.75 Å². The Balaban J connectivity index is 1.38. The number of aryl methyl sites for hydroxylation is 2. The zero-order valence-corrected chi connectivity index (χ0v) is 18.6. The number of nitrogens with zero attached hydrogens (tertiary/aromatic N) is 2. The van der Waals surface area contributed by atoms with Gasteiger partial charge in [-0.05, 0) is 38.3 Å². The minimum Gasteiger partial charge on any atom is -0.496 e. The zero-order valence-electron chi connectivity index (χ0n) is 18.6. The molecule has 0 aromatic heterocycles. The van der Waals surface area contributed by atoms with Gasteiger partial charge in [0.1, 0.15) is 5.75 Å². The highest BCUT2D eigenvalue weighted by Crippen LogP contribution is 2.22. The second-order valence-electron chi connectivity index (χ2n) is 8.36. The summed E-state index contributed by atoms with van der Waals surface area (Å²) in [5.41, 5.74) is 3.80. The maximum atomic E-state index is 12.4. The highest BCUT2D eigenvalue weighted by molar-refractivity contribution is 5.78. The van der Waals surface area contributed by atoms with Crippen molar-refractivity contribution in [2.75, 3.05) is 39.8 Å². The van der Waals surface area contributed by atoms with Gasteiger partial charge in [-0.15, -0.1) is 0 Å². The molecule has 30 heavy (non-hydrogen) atoms. The topological polar surface area (TPSA) is 44.8 Å². The predicted octanol–water partition coefficient (Wildman–Crippen LogP) is 3.26. The van der Waals surface area contributed by atoms with Crippen LogP contribution in [0.4, 0.5) is 0 Å². The molecule has 0 aliphatic carbocycles. The quantitative estimate of drug-likeness (QED) is 0.691. The third kappa shape index (κ3) is 6.85. The summed E-state index contributed by atoms with van der Waals surface area (Å²) in [6.07, 6.45) is 1.95. The summed E-state index contributed by atoms with van der Waals surface area (Å²) in [5, 5.41) is 3.16. The Hall–Kier alpha value is -2.37. The van der Waals surface area contributed by atoms with E-state index in [1.807, 2.05) is 12.1 Å². The molecular weight excluding hydrogens is 374 g/mol. The van der Waals surface area contributed by atoms with Crippen molar-refractivity contribution in [1.82, 2.24) is 15.1 Å². The first kappa shape index (κ1) is 22.3. The minimum atomic E-state index is 0.129. The van der Waals surface area contributed by atoms with Crippen LogP contribution in [0.5, 0.6) is 5.75 Å². The summed E-state index contributed by atoms with van der Waals surface area (Å²) in [4.78, 5) is 17.1. The van der Waals surface area contributed by atoms with Crippen molar-refractivity contribution in [2.45, 2.75) is 39.3 Å². The zero-order chi connectivity index (χ0) is 21.3. The van der Waals surface area contributed by atoms with E-state index in [9.17, 15) is 4.79 Å². The van der Waals surface area contributed by atoms with Gasteiger partial charge in [0.15, 0.2) is 0 Å². The van der Waals surface area contributed by atoms with Gasteiger partial charge in [-0.1, -0.05) is 48.0 Å². The normalized spacial score (nSPS) is 16.2. The van der Waals surface area contributed by atoms with Crippen LogP contribution in [0.15, 0.2) is 48.5 Å². The summed E-state index contributed by atoms with van der Waals surface area (Å²) >= 11 is 0. The third-order valence-corrected chi connectivity index (χ3v) is 5.78. The number of ether oxygens (including phenoxy) is 1. The molecule has 0 radical (unpaired) electrons. The molecule has 0 spiro atoms. The van der Waals surface area contributed by atoms with E-state index in [2.05, 4.69) is 65.4 Å². The van der Waals surface area contributed by atoms with E-state index >= 15 is 0 Å². The van der Waals surface area contributed by atoms with E-state index in [4.69, 9.17) is 4.74 Å². The van der Waals surface area contributed by atoms with Gasteiger partial charge in [0.05, 0.1) is 13.7 Å². The maximum absolute atomic E-state index is 12.4. The molecule has 0 unspecified atom stereocenters. The Morgan fingerprint density at radius 2 is 1.77 bits per heavy atom. The molecule has 1 atom stereocenters. The largest absolute Gasteiger partial charge is 0.496 e. The summed E-state index contributed by atoms with van der Waals surface area (Å²) < 4.78 is 5.51. The number of hydrogen-bond donors (Lipinski definition) is 1. The number of benzene rings is 2. The molecule has 2 aromatic rings. The number of methoxy groups -OCH3 is 1. The molecule has 5 nitrogen and oxygen atoms in total. The molecule has 1 amide bonds. The Morgan fingerprint density at radius 1 is 1.07 bits per heavy atom. The number of carbonyl (C=O) groups is 1. The number of piperazine rings is 1. The lowest BCUT2D eigenvalue weighted by Gasteiger charge is -2.34. The lowest BCUT2D eigenvalue weighted by molar-refractivity contribution is -0.123. The number of carbonyl (C=O) groups excluding carboxylic acids is 1. The maximum Gasteiger partial charge on any atom is 0.234 e. The number of nitrogens with one attached hydrogen (secondary N) is 1. The molecule has 1 fully saturated rings. The van der Waals surface area contributed by atoms with Crippen LogP contribution < -0.4 is 10.1 Å². The van der Waals surface area contributed by atoms with Crippen LogP contribution in [0.1, 0.15) is 30.0 Å². The molecule has 162 valence electrons. The van der Waals surface area contributed by atoms with Gasteiger partial charge >= 0.3 is 0 Å². The monoisotopic (exact) mass is 409 g/mol. The Kier molecular flexibility index (Phi) is 8.29. The van der Waals surface area contributed by atoms with Gasteiger partial charge < -0.3 is 10.1 Å². The van der Waals surface area contributed by atoms with E-state index in [1.54, 1.807) is 7.11 Å². The van der Waals surface area contributed by atoms with E-state index in [-0.39, 0.29) is 11.9 Å². The number of hydrogen-bond acceptors (Lipinski definition) is 4. The van der Waals surface area contributed by atoms with Crippen LogP contribution in [0.3, 0.4) is 0 Å². The SMILES string of the molecule is COc1ccc(C)cc1CN1CCN(CC(=O)N[C@@H](C)CCc2ccccc2)CC1. The fourth-order valence-corrected chi connectivity index (χ4v) is 4.00. The molecule has 0 bridgehead atoms. The van der Waals surface area contributed by atoms with Crippen molar-refractivity contribution >= 4 is 5.91 Å². The number of amides is 1. The van der Waals surface area contributed by atoms with Crippen LogP contribution in [0, 0.1) is 6.92 Å². The van der Waals surface area contributed by atoms with Gasteiger partial charge in [-0.3, -0.25) is 14.6 Å².